The number of benzene rings is 1. The fourth-order valence-electron chi connectivity index (χ4n) is 1.17. The average Bonchev–Trinajstić information content (AvgIpc) is 2.26. The molecule has 0 aliphatic rings. The highest BCUT2D eigenvalue weighted by Gasteiger charge is 2.27. The van der Waals surface area contributed by atoms with Gasteiger partial charge in [-0.05, 0) is 25.2 Å². The molecule has 0 aromatic heterocycles. The molecule has 0 unspecified atom stereocenters. The zero-order valence-corrected chi connectivity index (χ0v) is 10.2. The van der Waals surface area contributed by atoms with Crippen LogP contribution in [-0.2, 0) is 10.0 Å². The molecule has 0 saturated heterocycles. The van der Waals surface area contributed by atoms with Gasteiger partial charge in [-0.2, -0.15) is 13.2 Å². The van der Waals surface area contributed by atoms with Crippen LogP contribution in [0.25, 0.3) is 0 Å². The van der Waals surface area contributed by atoms with Gasteiger partial charge in [0.05, 0.1) is 16.3 Å². The van der Waals surface area contributed by atoms with Crippen LogP contribution in [0.15, 0.2) is 23.1 Å². The van der Waals surface area contributed by atoms with Crippen LogP contribution in [0.2, 0.25) is 0 Å². The lowest BCUT2D eigenvalue weighted by molar-refractivity contribution is -0.115. The van der Waals surface area contributed by atoms with Gasteiger partial charge in [0.15, 0.2) is 0 Å². The number of hydrogen-bond donors (Lipinski definition) is 3. The van der Waals surface area contributed by atoms with Crippen LogP contribution in [0, 0.1) is 0 Å². The first-order valence-corrected chi connectivity index (χ1v) is 6.28. The molecule has 0 bridgehead atoms. The van der Waals surface area contributed by atoms with Gasteiger partial charge in [0.2, 0.25) is 10.0 Å². The molecule has 18 heavy (non-hydrogen) atoms. The van der Waals surface area contributed by atoms with E-state index in [4.69, 9.17) is 5.73 Å². The van der Waals surface area contributed by atoms with Gasteiger partial charge in [-0.1, -0.05) is 0 Å². The Hall–Kier alpha value is -1.48. The Morgan fingerprint density at radius 1 is 1.33 bits per heavy atom. The molecule has 0 aliphatic carbocycles. The molecule has 0 spiro atoms. The van der Waals surface area contributed by atoms with E-state index in [0.717, 1.165) is 6.07 Å². The molecule has 9 heteroatoms. The minimum absolute atomic E-state index is 0.0364. The summed E-state index contributed by atoms with van der Waals surface area (Å²) in [7, 11) is -2.52. The SMILES string of the molecule is CNS(=O)(=O)c1ccc(N)c(NCC(F)(F)F)c1. The molecule has 0 saturated carbocycles. The van der Waals surface area contributed by atoms with E-state index >= 15 is 0 Å². The van der Waals surface area contributed by atoms with Crippen molar-refractivity contribution in [1.82, 2.24) is 4.72 Å². The van der Waals surface area contributed by atoms with E-state index in [9.17, 15) is 21.6 Å². The molecule has 0 heterocycles. The Morgan fingerprint density at radius 3 is 2.44 bits per heavy atom. The Balaban J connectivity index is 3.03. The van der Waals surface area contributed by atoms with E-state index in [0.29, 0.717) is 0 Å². The van der Waals surface area contributed by atoms with Gasteiger partial charge in [0.1, 0.15) is 6.54 Å². The number of sulfonamides is 1. The molecule has 1 aromatic rings. The first-order chi connectivity index (χ1) is 8.15. The van der Waals surface area contributed by atoms with Crippen molar-refractivity contribution in [3.63, 3.8) is 0 Å². The van der Waals surface area contributed by atoms with E-state index in [1.54, 1.807) is 0 Å². The number of nitrogens with two attached hydrogens (primary N) is 1. The van der Waals surface area contributed by atoms with Crippen LogP contribution in [0.3, 0.4) is 0 Å². The molecular formula is C9H12F3N3O2S. The van der Waals surface area contributed by atoms with E-state index in [-0.39, 0.29) is 16.3 Å². The van der Waals surface area contributed by atoms with Gasteiger partial charge in [-0.15, -0.1) is 0 Å². The fraction of sp³-hybridized carbons (Fsp3) is 0.333. The van der Waals surface area contributed by atoms with Crippen molar-refractivity contribution in [1.29, 1.82) is 0 Å². The van der Waals surface area contributed by atoms with Crippen LogP contribution in [0.1, 0.15) is 0 Å². The largest absolute Gasteiger partial charge is 0.405 e. The molecule has 0 radical (unpaired) electrons. The zero-order valence-electron chi connectivity index (χ0n) is 9.38. The summed E-state index contributed by atoms with van der Waals surface area (Å²) in [5.74, 6) is 0. The molecule has 0 atom stereocenters. The smallest absolute Gasteiger partial charge is 0.397 e. The maximum Gasteiger partial charge on any atom is 0.405 e. The van der Waals surface area contributed by atoms with Crippen LogP contribution in [0.5, 0.6) is 0 Å². The van der Waals surface area contributed by atoms with E-state index in [2.05, 4.69) is 4.72 Å². The van der Waals surface area contributed by atoms with Crippen LogP contribution in [-0.4, -0.2) is 28.2 Å². The summed E-state index contributed by atoms with van der Waals surface area (Å²) >= 11 is 0. The van der Waals surface area contributed by atoms with Gasteiger partial charge in [0.25, 0.3) is 0 Å². The molecule has 0 aliphatic heterocycles. The number of hydrogen-bond acceptors (Lipinski definition) is 4. The molecule has 0 amide bonds. The van der Waals surface area contributed by atoms with E-state index in [1.165, 1.54) is 19.2 Å². The molecule has 0 fully saturated rings. The summed E-state index contributed by atoms with van der Waals surface area (Å²) in [6.45, 7) is -1.29. The van der Waals surface area contributed by atoms with E-state index < -0.39 is 22.7 Å². The standard InChI is InChI=1S/C9H12F3N3O2S/c1-14-18(16,17)6-2-3-7(13)8(4-6)15-5-9(10,11)12/h2-4,14-15H,5,13H2,1H3. The van der Waals surface area contributed by atoms with Gasteiger partial charge in [0, 0.05) is 0 Å². The molecule has 1 aromatic carbocycles. The third-order valence-electron chi connectivity index (χ3n) is 2.08. The second-order valence-electron chi connectivity index (χ2n) is 3.43. The van der Waals surface area contributed by atoms with Crippen LogP contribution < -0.4 is 15.8 Å². The van der Waals surface area contributed by atoms with Crippen molar-refractivity contribution < 1.29 is 21.6 Å². The van der Waals surface area contributed by atoms with Gasteiger partial charge < -0.3 is 11.1 Å². The first-order valence-electron chi connectivity index (χ1n) is 4.79. The summed E-state index contributed by atoms with van der Waals surface area (Å²) in [6.07, 6.45) is -4.41. The van der Waals surface area contributed by atoms with E-state index in [1.807, 2.05) is 5.32 Å². The minimum atomic E-state index is -4.41. The summed E-state index contributed by atoms with van der Waals surface area (Å²) in [5, 5.41) is 2.05. The Morgan fingerprint density at radius 2 is 1.94 bits per heavy atom. The Labute approximate surface area is 102 Å². The third-order valence-corrected chi connectivity index (χ3v) is 3.50. The maximum atomic E-state index is 12.0. The quantitative estimate of drug-likeness (QED) is 0.724. The van der Waals surface area contributed by atoms with Gasteiger partial charge in [-0.3, -0.25) is 0 Å². The number of alkyl halides is 3. The number of halogens is 3. The van der Waals surface area contributed by atoms with Crippen molar-refractivity contribution >= 4 is 21.4 Å². The normalized spacial score (nSPS) is 12.4. The zero-order chi connectivity index (χ0) is 14.0. The summed E-state index contributed by atoms with van der Waals surface area (Å²) < 4.78 is 61.1. The molecule has 5 nitrogen and oxygen atoms in total. The lowest BCUT2D eigenvalue weighted by Crippen LogP contribution is -2.22. The predicted octanol–water partition coefficient (Wildman–Crippen LogP) is 1.15. The maximum absolute atomic E-state index is 12.0. The minimum Gasteiger partial charge on any atom is -0.397 e. The lowest BCUT2D eigenvalue weighted by atomic mass is 10.2. The van der Waals surface area contributed by atoms with Crippen LogP contribution in [0.4, 0.5) is 24.5 Å². The second-order valence-corrected chi connectivity index (χ2v) is 5.31. The fourth-order valence-corrected chi connectivity index (χ4v) is 1.92. The highest BCUT2D eigenvalue weighted by molar-refractivity contribution is 7.89. The molecular weight excluding hydrogens is 271 g/mol. The molecule has 4 N–H and O–H groups in total. The number of nitrogen functional groups attached to an aromatic ring is 1. The lowest BCUT2D eigenvalue weighted by Gasteiger charge is -2.13. The Bertz CT molecular complexity index is 528. The number of nitrogens with one attached hydrogen (secondary N) is 2. The van der Waals surface area contributed by atoms with Crippen molar-refractivity contribution in [3.8, 4) is 0 Å². The predicted molar refractivity (Wildman–Crippen MR) is 61.6 cm³/mol. The van der Waals surface area contributed by atoms with Gasteiger partial charge >= 0.3 is 6.18 Å². The first kappa shape index (κ1) is 14.6. The molecule has 102 valence electrons. The van der Waals surface area contributed by atoms with Crippen molar-refractivity contribution in [3.05, 3.63) is 18.2 Å². The van der Waals surface area contributed by atoms with Crippen molar-refractivity contribution in [2.75, 3.05) is 24.6 Å². The highest BCUT2D eigenvalue weighted by atomic mass is 32.2. The summed E-state index contributed by atoms with van der Waals surface area (Å²) in [4.78, 5) is -0.163. The summed E-state index contributed by atoms with van der Waals surface area (Å²) in [5.41, 5.74) is 5.41. The number of anilines is 2. The third kappa shape index (κ3) is 3.77. The van der Waals surface area contributed by atoms with Crippen LogP contribution >= 0.6 is 0 Å². The average molecular weight is 283 g/mol. The second kappa shape index (κ2) is 5.02. The highest BCUT2D eigenvalue weighted by Crippen LogP contribution is 2.24. The monoisotopic (exact) mass is 283 g/mol. The molecule has 1 rings (SSSR count). The summed E-state index contributed by atoms with van der Waals surface area (Å²) in [6, 6.07) is 3.48. The Kier molecular flexibility index (Phi) is 4.07. The van der Waals surface area contributed by atoms with Crippen molar-refractivity contribution in [2.24, 2.45) is 0 Å². The number of rotatable bonds is 4. The topological polar surface area (TPSA) is 84.2 Å². The van der Waals surface area contributed by atoms with Crippen molar-refractivity contribution in [2.45, 2.75) is 11.1 Å². The van der Waals surface area contributed by atoms with Gasteiger partial charge in [-0.25, -0.2) is 13.1 Å².